The molecule has 0 aliphatic heterocycles. The lowest BCUT2D eigenvalue weighted by atomic mass is 10.2. The maximum absolute atomic E-state index is 13.5. The van der Waals surface area contributed by atoms with E-state index in [9.17, 15) is 9.18 Å². The number of esters is 1. The van der Waals surface area contributed by atoms with Gasteiger partial charge in [0.25, 0.3) is 0 Å². The van der Waals surface area contributed by atoms with Gasteiger partial charge < -0.3 is 9.47 Å². The summed E-state index contributed by atoms with van der Waals surface area (Å²) in [5, 5.41) is 0. The van der Waals surface area contributed by atoms with Gasteiger partial charge in [-0.25, -0.2) is 9.18 Å². The Labute approximate surface area is 110 Å². The van der Waals surface area contributed by atoms with Crippen LogP contribution in [0.1, 0.15) is 15.9 Å². The fourth-order valence-corrected chi connectivity index (χ4v) is 1.59. The van der Waals surface area contributed by atoms with E-state index < -0.39 is 11.8 Å². The van der Waals surface area contributed by atoms with Gasteiger partial charge in [0.2, 0.25) is 0 Å². The molecular formula is C15H13FO3. The van der Waals surface area contributed by atoms with E-state index in [-0.39, 0.29) is 12.2 Å². The molecule has 0 aromatic heterocycles. The first-order valence-corrected chi connectivity index (χ1v) is 5.75. The predicted octanol–water partition coefficient (Wildman–Crippen LogP) is 3.19. The summed E-state index contributed by atoms with van der Waals surface area (Å²) >= 11 is 0. The number of carbonyl (C=O) groups excluding carboxylic acids is 1. The largest absolute Gasteiger partial charge is 0.497 e. The zero-order valence-electron chi connectivity index (χ0n) is 10.4. The summed E-state index contributed by atoms with van der Waals surface area (Å²) < 4.78 is 23.5. The van der Waals surface area contributed by atoms with E-state index in [1.165, 1.54) is 25.3 Å². The van der Waals surface area contributed by atoms with Gasteiger partial charge in [-0.1, -0.05) is 30.3 Å². The van der Waals surface area contributed by atoms with Crippen LogP contribution in [0.15, 0.2) is 48.5 Å². The average molecular weight is 260 g/mol. The Kier molecular flexibility index (Phi) is 4.13. The predicted molar refractivity (Wildman–Crippen MR) is 68.5 cm³/mol. The molecular weight excluding hydrogens is 247 g/mol. The standard InChI is InChI=1S/C15H13FO3/c1-18-12-7-8-14(16)13(9-12)15(17)19-10-11-5-3-2-4-6-11/h2-9H,10H2,1H3. The number of ether oxygens (including phenoxy) is 2. The van der Waals surface area contributed by atoms with E-state index >= 15 is 0 Å². The molecule has 3 nitrogen and oxygen atoms in total. The molecule has 2 rings (SSSR count). The van der Waals surface area contributed by atoms with Crippen molar-refractivity contribution in [1.29, 1.82) is 0 Å². The molecule has 19 heavy (non-hydrogen) atoms. The van der Waals surface area contributed by atoms with Crippen LogP contribution in [0.4, 0.5) is 4.39 Å². The van der Waals surface area contributed by atoms with Gasteiger partial charge in [0.1, 0.15) is 18.2 Å². The van der Waals surface area contributed by atoms with Crippen molar-refractivity contribution in [3.8, 4) is 5.75 Å². The summed E-state index contributed by atoms with van der Waals surface area (Å²) in [5.41, 5.74) is 0.717. The van der Waals surface area contributed by atoms with Crippen LogP contribution in [0.3, 0.4) is 0 Å². The zero-order chi connectivity index (χ0) is 13.7. The minimum atomic E-state index is -0.708. The van der Waals surface area contributed by atoms with E-state index in [0.29, 0.717) is 5.75 Å². The molecule has 0 fully saturated rings. The van der Waals surface area contributed by atoms with Crippen molar-refractivity contribution in [3.05, 3.63) is 65.5 Å². The molecule has 0 N–H and O–H groups in total. The van der Waals surface area contributed by atoms with E-state index in [4.69, 9.17) is 9.47 Å². The number of halogens is 1. The Bertz CT molecular complexity index is 567. The normalized spacial score (nSPS) is 10.0. The van der Waals surface area contributed by atoms with Gasteiger partial charge in [-0.05, 0) is 23.8 Å². The highest BCUT2D eigenvalue weighted by Crippen LogP contribution is 2.17. The highest BCUT2D eigenvalue weighted by Gasteiger charge is 2.14. The first-order chi connectivity index (χ1) is 9.20. The van der Waals surface area contributed by atoms with Gasteiger partial charge in [-0.15, -0.1) is 0 Å². The van der Waals surface area contributed by atoms with Crippen molar-refractivity contribution in [2.75, 3.05) is 7.11 Å². The van der Waals surface area contributed by atoms with Gasteiger partial charge in [0.15, 0.2) is 0 Å². The van der Waals surface area contributed by atoms with Crippen LogP contribution in [0, 0.1) is 5.82 Å². The Morgan fingerprint density at radius 3 is 2.58 bits per heavy atom. The van der Waals surface area contributed by atoms with E-state index in [0.717, 1.165) is 5.56 Å². The topological polar surface area (TPSA) is 35.5 Å². The number of methoxy groups -OCH3 is 1. The van der Waals surface area contributed by atoms with E-state index in [1.54, 1.807) is 0 Å². The first-order valence-electron chi connectivity index (χ1n) is 5.75. The molecule has 0 unspecified atom stereocenters. The minimum Gasteiger partial charge on any atom is -0.497 e. The zero-order valence-corrected chi connectivity index (χ0v) is 10.4. The van der Waals surface area contributed by atoms with Gasteiger partial charge in [0, 0.05) is 0 Å². The summed E-state index contributed by atoms with van der Waals surface area (Å²) in [6.45, 7) is 0.107. The van der Waals surface area contributed by atoms with Crippen LogP contribution < -0.4 is 4.74 Å². The summed E-state index contributed by atoms with van der Waals surface area (Å²) in [4.78, 5) is 11.8. The molecule has 0 aliphatic rings. The van der Waals surface area contributed by atoms with Crippen molar-refractivity contribution in [1.82, 2.24) is 0 Å². The third kappa shape index (κ3) is 3.31. The second-order valence-corrected chi connectivity index (χ2v) is 3.91. The Morgan fingerprint density at radius 2 is 1.89 bits per heavy atom. The van der Waals surface area contributed by atoms with E-state index in [1.807, 2.05) is 30.3 Å². The average Bonchev–Trinajstić information content (AvgIpc) is 2.46. The molecule has 98 valence electrons. The third-order valence-corrected chi connectivity index (χ3v) is 2.61. The molecule has 4 heteroatoms. The van der Waals surface area contributed by atoms with Crippen molar-refractivity contribution in [2.45, 2.75) is 6.61 Å². The second-order valence-electron chi connectivity index (χ2n) is 3.91. The number of carbonyl (C=O) groups is 1. The Balaban J connectivity index is 2.08. The van der Waals surface area contributed by atoms with E-state index in [2.05, 4.69) is 0 Å². The van der Waals surface area contributed by atoms with Crippen molar-refractivity contribution < 1.29 is 18.7 Å². The third-order valence-electron chi connectivity index (χ3n) is 2.61. The van der Waals surface area contributed by atoms with Gasteiger partial charge in [-0.3, -0.25) is 0 Å². The maximum atomic E-state index is 13.5. The molecule has 0 aliphatic carbocycles. The fourth-order valence-electron chi connectivity index (χ4n) is 1.59. The molecule has 0 saturated heterocycles. The second kappa shape index (κ2) is 6.00. The van der Waals surface area contributed by atoms with Gasteiger partial charge in [-0.2, -0.15) is 0 Å². The van der Waals surface area contributed by atoms with Crippen LogP contribution in [-0.4, -0.2) is 13.1 Å². The van der Waals surface area contributed by atoms with Crippen LogP contribution >= 0.6 is 0 Å². The molecule has 0 bridgehead atoms. The van der Waals surface area contributed by atoms with Crippen molar-refractivity contribution in [3.63, 3.8) is 0 Å². The first kappa shape index (κ1) is 13.1. The molecule has 2 aromatic carbocycles. The lowest BCUT2D eigenvalue weighted by molar-refractivity contribution is 0.0467. The number of benzene rings is 2. The quantitative estimate of drug-likeness (QED) is 0.792. The van der Waals surface area contributed by atoms with Crippen LogP contribution in [0.5, 0.6) is 5.75 Å². The summed E-state index contributed by atoms with van der Waals surface area (Å²) in [5.74, 6) is -0.924. The number of hydrogen-bond acceptors (Lipinski definition) is 3. The molecule has 0 radical (unpaired) electrons. The molecule has 0 amide bonds. The molecule has 0 saturated carbocycles. The van der Waals surface area contributed by atoms with Crippen molar-refractivity contribution >= 4 is 5.97 Å². The number of rotatable bonds is 4. The van der Waals surface area contributed by atoms with Crippen molar-refractivity contribution in [2.24, 2.45) is 0 Å². The summed E-state index contributed by atoms with van der Waals surface area (Å²) in [6.07, 6.45) is 0. The minimum absolute atomic E-state index is 0.107. The Morgan fingerprint density at radius 1 is 1.16 bits per heavy atom. The lowest BCUT2D eigenvalue weighted by Gasteiger charge is -2.07. The van der Waals surface area contributed by atoms with Gasteiger partial charge >= 0.3 is 5.97 Å². The van der Waals surface area contributed by atoms with Crippen LogP contribution in [-0.2, 0) is 11.3 Å². The molecule has 0 spiro atoms. The highest BCUT2D eigenvalue weighted by molar-refractivity contribution is 5.90. The van der Waals surface area contributed by atoms with Crippen LogP contribution in [0.2, 0.25) is 0 Å². The maximum Gasteiger partial charge on any atom is 0.341 e. The monoisotopic (exact) mass is 260 g/mol. The molecule has 0 heterocycles. The summed E-state index contributed by atoms with van der Waals surface area (Å²) in [6, 6.07) is 13.2. The highest BCUT2D eigenvalue weighted by atomic mass is 19.1. The van der Waals surface area contributed by atoms with Crippen LogP contribution in [0.25, 0.3) is 0 Å². The molecule has 0 atom stereocenters. The summed E-state index contributed by atoms with van der Waals surface area (Å²) in [7, 11) is 1.45. The lowest BCUT2D eigenvalue weighted by Crippen LogP contribution is -2.07. The SMILES string of the molecule is COc1ccc(F)c(C(=O)OCc2ccccc2)c1. The van der Waals surface area contributed by atoms with Gasteiger partial charge in [0.05, 0.1) is 12.7 Å². The molecule has 2 aromatic rings. The smallest absolute Gasteiger partial charge is 0.341 e. The fraction of sp³-hybridized carbons (Fsp3) is 0.133. The Hall–Kier alpha value is -2.36. The number of hydrogen-bond donors (Lipinski definition) is 0.